The van der Waals surface area contributed by atoms with Gasteiger partial charge in [0.25, 0.3) is 0 Å². The smallest absolute Gasteiger partial charge is 0.246 e. The van der Waals surface area contributed by atoms with Crippen LogP contribution in [0.25, 0.3) is 11.0 Å². The molecule has 8 heteroatoms. The number of unbranched alkanes of at least 4 members (excludes halogenated alkanes) is 1. The number of ether oxygens (including phenoxy) is 2. The summed E-state index contributed by atoms with van der Waals surface area (Å²) in [6.07, 6.45) is 3.51. The Morgan fingerprint density at radius 3 is 2.74 bits per heavy atom. The number of hydrogen-bond acceptors (Lipinski definition) is 6. The van der Waals surface area contributed by atoms with Gasteiger partial charge in [-0.2, -0.15) is 0 Å². The second-order valence-corrected chi connectivity index (χ2v) is 7.38. The van der Waals surface area contributed by atoms with Gasteiger partial charge < -0.3 is 25.1 Å². The van der Waals surface area contributed by atoms with E-state index in [0.29, 0.717) is 32.2 Å². The molecule has 0 spiro atoms. The lowest BCUT2D eigenvalue weighted by atomic mass is 10.2. The number of carbonyl (C=O) groups excluding carboxylic acids is 1. The Balaban J connectivity index is 1.46. The molecule has 0 unspecified atom stereocenters. The maximum atomic E-state index is 12.0. The monoisotopic (exact) mass is 425 g/mol. The lowest BCUT2D eigenvalue weighted by molar-refractivity contribution is -0.126. The summed E-state index contributed by atoms with van der Waals surface area (Å²) in [4.78, 5) is 20.8. The summed E-state index contributed by atoms with van der Waals surface area (Å²) in [6.45, 7) is 6.88. The topological polar surface area (TPSA) is 104 Å². The van der Waals surface area contributed by atoms with E-state index in [1.165, 1.54) is 0 Å². The second kappa shape index (κ2) is 11.4. The standard InChI is InChI=1S/C23H31N5O3/c1-3-30-15-19-27-21-22(17(2)13-26-23(21)24)28(19)12-8-7-11-25-20(29)16-31-14-18-9-5-4-6-10-18/h4-6,9-10,13H,3,7-8,11-12,14-16H2,1-2H3,(H2,24,26)(H,25,29). The number of nitrogen functional groups attached to an aromatic ring is 1. The molecule has 166 valence electrons. The molecule has 0 saturated carbocycles. The van der Waals surface area contributed by atoms with Crippen LogP contribution in [0, 0.1) is 6.92 Å². The highest BCUT2D eigenvalue weighted by molar-refractivity contribution is 5.87. The number of nitrogens with two attached hydrogens (primary N) is 1. The number of benzene rings is 1. The van der Waals surface area contributed by atoms with Crippen LogP contribution in [0.15, 0.2) is 36.5 Å². The normalized spacial score (nSPS) is 11.2. The Hall–Kier alpha value is -2.97. The number of amides is 1. The molecule has 2 aromatic heterocycles. The summed E-state index contributed by atoms with van der Waals surface area (Å²) in [5.41, 5.74) is 9.84. The molecular formula is C23H31N5O3. The van der Waals surface area contributed by atoms with Gasteiger partial charge in [-0.25, -0.2) is 9.97 Å². The Morgan fingerprint density at radius 1 is 1.16 bits per heavy atom. The fourth-order valence-corrected chi connectivity index (χ4v) is 3.42. The van der Waals surface area contributed by atoms with Crippen molar-refractivity contribution >= 4 is 22.8 Å². The molecule has 2 heterocycles. The molecule has 3 N–H and O–H groups in total. The van der Waals surface area contributed by atoms with Crippen LogP contribution in [0.5, 0.6) is 0 Å². The number of nitrogens with one attached hydrogen (secondary N) is 1. The largest absolute Gasteiger partial charge is 0.382 e. The Kier molecular flexibility index (Phi) is 8.37. The van der Waals surface area contributed by atoms with Crippen molar-refractivity contribution in [2.75, 3.05) is 25.5 Å². The summed E-state index contributed by atoms with van der Waals surface area (Å²) in [6, 6.07) is 9.81. The number of aryl methyl sites for hydroxylation is 2. The van der Waals surface area contributed by atoms with Crippen LogP contribution in [0.2, 0.25) is 0 Å². The molecule has 3 rings (SSSR count). The lowest BCUT2D eigenvalue weighted by Crippen LogP contribution is -2.28. The van der Waals surface area contributed by atoms with Gasteiger partial charge in [-0.3, -0.25) is 4.79 Å². The predicted molar refractivity (Wildman–Crippen MR) is 120 cm³/mol. The van der Waals surface area contributed by atoms with E-state index in [9.17, 15) is 4.79 Å². The van der Waals surface area contributed by atoms with Gasteiger partial charge in [-0.05, 0) is 37.8 Å². The molecule has 1 aromatic carbocycles. The number of aromatic nitrogens is 3. The third kappa shape index (κ3) is 6.26. The van der Waals surface area contributed by atoms with E-state index in [0.717, 1.165) is 47.4 Å². The highest BCUT2D eigenvalue weighted by Gasteiger charge is 2.15. The maximum Gasteiger partial charge on any atom is 0.246 e. The Bertz CT molecular complexity index is 988. The zero-order valence-corrected chi connectivity index (χ0v) is 18.3. The van der Waals surface area contributed by atoms with Gasteiger partial charge >= 0.3 is 0 Å². The van der Waals surface area contributed by atoms with Crippen molar-refractivity contribution in [3.05, 3.63) is 53.5 Å². The number of fused-ring (bicyclic) bond motifs is 1. The van der Waals surface area contributed by atoms with Crippen molar-refractivity contribution in [2.24, 2.45) is 0 Å². The summed E-state index contributed by atoms with van der Waals surface area (Å²) in [7, 11) is 0. The van der Waals surface area contributed by atoms with Crippen molar-refractivity contribution in [1.82, 2.24) is 19.9 Å². The number of imidazole rings is 1. The van der Waals surface area contributed by atoms with E-state index in [4.69, 9.17) is 15.2 Å². The van der Waals surface area contributed by atoms with Gasteiger partial charge in [-0.1, -0.05) is 30.3 Å². The third-order valence-corrected chi connectivity index (χ3v) is 4.97. The number of carbonyl (C=O) groups is 1. The maximum absolute atomic E-state index is 12.0. The highest BCUT2D eigenvalue weighted by Crippen LogP contribution is 2.24. The molecule has 0 aliphatic heterocycles. The van der Waals surface area contributed by atoms with E-state index >= 15 is 0 Å². The Labute approximate surface area is 182 Å². The molecule has 3 aromatic rings. The van der Waals surface area contributed by atoms with Crippen LogP contribution in [-0.2, 0) is 34.0 Å². The lowest BCUT2D eigenvalue weighted by Gasteiger charge is -2.11. The molecule has 0 aliphatic carbocycles. The SMILES string of the molecule is CCOCc1nc2c(N)ncc(C)c2n1CCCCNC(=O)COCc1ccccc1. The second-order valence-electron chi connectivity index (χ2n) is 7.38. The van der Waals surface area contributed by atoms with Crippen molar-refractivity contribution < 1.29 is 14.3 Å². The Morgan fingerprint density at radius 2 is 1.97 bits per heavy atom. The minimum atomic E-state index is -0.101. The fraction of sp³-hybridized carbons (Fsp3) is 0.435. The molecule has 0 radical (unpaired) electrons. The van der Waals surface area contributed by atoms with Crippen molar-refractivity contribution in [1.29, 1.82) is 0 Å². The van der Waals surface area contributed by atoms with Crippen molar-refractivity contribution in [2.45, 2.75) is 46.4 Å². The van der Waals surface area contributed by atoms with E-state index in [2.05, 4.69) is 19.9 Å². The number of hydrogen-bond donors (Lipinski definition) is 2. The average molecular weight is 426 g/mol. The van der Waals surface area contributed by atoms with E-state index in [1.807, 2.05) is 44.2 Å². The molecular weight excluding hydrogens is 394 g/mol. The summed E-state index contributed by atoms with van der Waals surface area (Å²) in [5, 5.41) is 2.91. The van der Waals surface area contributed by atoms with Crippen LogP contribution in [0.1, 0.15) is 36.7 Å². The van der Waals surface area contributed by atoms with Crippen LogP contribution < -0.4 is 11.1 Å². The van der Waals surface area contributed by atoms with E-state index in [-0.39, 0.29) is 12.5 Å². The summed E-state index contributed by atoms with van der Waals surface area (Å²) >= 11 is 0. The van der Waals surface area contributed by atoms with Gasteiger partial charge in [0.05, 0.1) is 12.1 Å². The first-order valence-electron chi connectivity index (χ1n) is 10.7. The predicted octanol–water partition coefficient (Wildman–Crippen LogP) is 2.97. The van der Waals surface area contributed by atoms with E-state index < -0.39 is 0 Å². The van der Waals surface area contributed by atoms with Crippen molar-refractivity contribution in [3.8, 4) is 0 Å². The number of anilines is 1. The van der Waals surface area contributed by atoms with Crippen LogP contribution in [0.3, 0.4) is 0 Å². The fourth-order valence-electron chi connectivity index (χ4n) is 3.42. The molecule has 31 heavy (non-hydrogen) atoms. The molecule has 1 amide bonds. The first-order valence-corrected chi connectivity index (χ1v) is 10.7. The van der Waals surface area contributed by atoms with Gasteiger partial charge in [-0.15, -0.1) is 0 Å². The minimum absolute atomic E-state index is 0.0605. The van der Waals surface area contributed by atoms with Gasteiger partial charge in [0.2, 0.25) is 5.91 Å². The van der Waals surface area contributed by atoms with Gasteiger partial charge in [0.1, 0.15) is 24.6 Å². The van der Waals surface area contributed by atoms with Gasteiger partial charge in [0, 0.05) is 25.9 Å². The molecule has 0 aliphatic rings. The quantitative estimate of drug-likeness (QED) is 0.432. The number of rotatable bonds is 12. The molecule has 8 nitrogen and oxygen atoms in total. The van der Waals surface area contributed by atoms with E-state index in [1.54, 1.807) is 6.20 Å². The number of nitrogens with zero attached hydrogens (tertiary/aromatic N) is 3. The van der Waals surface area contributed by atoms with Crippen LogP contribution in [-0.4, -0.2) is 40.2 Å². The first kappa shape index (κ1) is 22.7. The number of pyridine rings is 1. The molecule has 0 bridgehead atoms. The minimum Gasteiger partial charge on any atom is -0.382 e. The zero-order valence-electron chi connectivity index (χ0n) is 18.3. The first-order chi connectivity index (χ1) is 15.1. The average Bonchev–Trinajstić information content (AvgIpc) is 3.15. The molecule has 0 saturated heterocycles. The van der Waals surface area contributed by atoms with Crippen molar-refractivity contribution in [3.63, 3.8) is 0 Å². The molecule has 0 atom stereocenters. The summed E-state index contributed by atoms with van der Waals surface area (Å²) < 4.78 is 13.2. The summed E-state index contributed by atoms with van der Waals surface area (Å²) in [5.74, 6) is 1.17. The van der Waals surface area contributed by atoms with Crippen LogP contribution >= 0.6 is 0 Å². The highest BCUT2D eigenvalue weighted by atomic mass is 16.5. The van der Waals surface area contributed by atoms with Gasteiger partial charge in [0.15, 0.2) is 5.82 Å². The third-order valence-electron chi connectivity index (χ3n) is 4.97. The zero-order chi connectivity index (χ0) is 22.1. The molecule has 0 fully saturated rings. The van der Waals surface area contributed by atoms with Crippen LogP contribution in [0.4, 0.5) is 5.82 Å².